The number of rotatable bonds is 8. The normalized spacial score (nSPS) is 11.5. The van der Waals surface area contributed by atoms with Crippen LogP contribution in [0.4, 0.5) is 0 Å². The largest absolute Gasteiger partial charge is 0.309 e. The Kier molecular flexibility index (Phi) is 9.39. The highest BCUT2D eigenvalue weighted by Gasteiger charge is 2.23. The molecule has 0 saturated carbocycles. The molecule has 0 atom stereocenters. The Morgan fingerprint density at radius 2 is 0.691 bits per heavy atom. The van der Waals surface area contributed by atoms with Gasteiger partial charge >= 0.3 is 0 Å². The third-order valence-electron chi connectivity index (χ3n) is 13.0. The van der Waals surface area contributed by atoms with E-state index < -0.39 is 0 Å². The van der Waals surface area contributed by atoms with E-state index in [1.807, 2.05) is 36.4 Å². The highest BCUT2D eigenvalue weighted by molar-refractivity contribution is 6.28. The lowest BCUT2D eigenvalue weighted by Crippen LogP contribution is -2.06. The molecule has 13 aromatic rings. The molecule has 0 N–H and O–H groups in total. The van der Waals surface area contributed by atoms with Crippen molar-refractivity contribution in [1.82, 2.24) is 29.1 Å². The summed E-state index contributed by atoms with van der Waals surface area (Å²) in [5, 5.41) is 4.63. The molecule has 0 aliphatic carbocycles. The first-order valence-corrected chi connectivity index (χ1v) is 22.9. The van der Waals surface area contributed by atoms with Crippen LogP contribution in [0.5, 0.6) is 0 Å². The van der Waals surface area contributed by atoms with Crippen LogP contribution in [0.1, 0.15) is 0 Å². The van der Waals surface area contributed by atoms with E-state index in [2.05, 4.69) is 215 Å². The number of pyridine rings is 1. The lowest BCUT2D eigenvalue weighted by Gasteiger charge is -2.12. The van der Waals surface area contributed by atoms with E-state index >= 15 is 0 Å². The molecular formula is C62H40N6. The van der Waals surface area contributed by atoms with Crippen molar-refractivity contribution < 1.29 is 0 Å². The summed E-state index contributed by atoms with van der Waals surface area (Å²) in [4.78, 5) is 20.8. The van der Waals surface area contributed by atoms with Crippen LogP contribution in [0.15, 0.2) is 243 Å². The average Bonchev–Trinajstić information content (AvgIpc) is 3.95. The lowest BCUT2D eigenvalue weighted by molar-refractivity contribution is 0.953. The number of hydrogen-bond donors (Lipinski definition) is 0. The van der Waals surface area contributed by atoms with Crippen LogP contribution in [-0.2, 0) is 0 Å². The summed E-state index contributed by atoms with van der Waals surface area (Å²) >= 11 is 0. The van der Waals surface area contributed by atoms with Crippen LogP contribution >= 0.6 is 0 Å². The summed E-state index contributed by atoms with van der Waals surface area (Å²) in [6, 6.07) is 85.1. The van der Waals surface area contributed by atoms with Crippen molar-refractivity contribution in [1.29, 1.82) is 0 Å². The molecular weight excluding hydrogens is 829 g/mol. The smallest absolute Gasteiger partial charge is 0.238 e. The molecule has 0 radical (unpaired) electrons. The topological polar surface area (TPSA) is 61.4 Å². The van der Waals surface area contributed by atoms with Gasteiger partial charge in [-0.15, -0.1) is 0 Å². The third kappa shape index (κ3) is 6.74. The molecule has 6 heteroatoms. The van der Waals surface area contributed by atoms with Gasteiger partial charge in [-0.3, -0.25) is 4.57 Å². The average molecular weight is 869 g/mol. The maximum absolute atomic E-state index is 5.31. The maximum Gasteiger partial charge on any atom is 0.238 e. The Balaban J connectivity index is 0.984. The van der Waals surface area contributed by atoms with Crippen molar-refractivity contribution in [2.45, 2.75) is 0 Å². The minimum Gasteiger partial charge on any atom is -0.309 e. The molecule has 0 fully saturated rings. The standard InChI is InChI=1S/C62H40N6/c1-5-18-41(19-6-1)46-26-17-27-47(38-46)61-64-60(45-24-11-4-12-25-45)65-62(66-61)68-55-31-16-14-29-51(55)59-57(68)37-36-56-58(59)50-28-13-15-30-54(50)67(56)49-34-32-42(33-35-49)48-39-52(43-20-7-2-8-21-43)63-53(40-48)44-22-9-3-10-23-44/h1-40H. The number of para-hydroxylation sites is 2. The van der Waals surface area contributed by atoms with Gasteiger partial charge in [0, 0.05) is 49.5 Å². The second kappa shape index (κ2) is 16.3. The maximum atomic E-state index is 5.31. The van der Waals surface area contributed by atoms with Gasteiger partial charge in [-0.2, -0.15) is 9.97 Å². The van der Waals surface area contributed by atoms with Gasteiger partial charge in [-0.05, 0) is 76.9 Å². The number of benzene rings is 9. The van der Waals surface area contributed by atoms with Crippen LogP contribution in [0.3, 0.4) is 0 Å². The molecule has 9 aromatic carbocycles. The summed E-state index contributed by atoms with van der Waals surface area (Å²) in [6.07, 6.45) is 0. The first-order chi connectivity index (χ1) is 33.7. The Morgan fingerprint density at radius 3 is 1.28 bits per heavy atom. The molecule has 4 heterocycles. The third-order valence-corrected chi connectivity index (χ3v) is 13.0. The highest BCUT2D eigenvalue weighted by atomic mass is 15.2. The molecule has 0 amide bonds. The minimum absolute atomic E-state index is 0.561. The first-order valence-electron chi connectivity index (χ1n) is 22.9. The van der Waals surface area contributed by atoms with Gasteiger partial charge in [0.2, 0.25) is 5.95 Å². The molecule has 318 valence electrons. The molecule has 0 spiro atoms. The molecule has 0 bridgehead atoms. The van der Waals surface area contributed by atoms with E-state index in [1.54, 1.807) is 0 Å². The van der Waals surface area contributed by atoms with Gasteiger partial charge in [0.15, 0.2) is 11.6 Å². The zero-order valence-corrected chi connectivity index (χ0v) is 36.8. The quantitative estimate of drug-likeness (QED) is 0.153. The van der Waals surface area contributed by atoms with Crippen molar-refractivity contribution in [3.63, 3.8) is 0 Å². The SMILES string of the molecule is c1ccc(-c2cccc(-c3nc(-c4ccccc4)nc(-n4c5ccccc5c5c6c7ccccc7n(-c7ccc(-c8cc(-c9ccccc9)nc(-c9ccccc9)c8)cc7)c6ccc54)n3)c2)cc1. The van der Waals surface area contributed by atoms with Crippen molar-refractivity contribution in [2.24, 2.45) is 0 Å². The summed E-state index contributed by atoms with van der Waals surface area (Å²) < 4.78 is 4.61. The Hall–Kier alpha value is -9.26. The summed E-state index contributed by atoms with van der Waals surface area (Å²) in [7, 11) is 0. The highest BCUT2D eigenvalue weighted by Crippen LogP contribution is 2.43. The Bertz CT molecular complexity index is 3930. The van der Waals surface area contributed by atoms with Gasteiger partial charge in [0.1, 0.15) is 0 Å². The summed E-state index contributed by atoms with van der Waals surface area (Å²) in [5.41, 5.74) is 15.7. The fourth-order valence-electron chi connectivity index (χ4n) is 9.80. The van der Waals surface area contributed by atoms with Gasteiger partial charge in [0.25, 0.3) is 0 Å². The zero-order valence-electron chi connectivity index (χ0n) is 36.8. The van der Waals surface area contributed by atoms with Crippen LogP contribution in [0.2, 0.25) is 0 Å². The van der Waals surface area contributed by atoms with E-state index in [4.69, 9.17) is 19.9 Å². The molecule has 68 heavy (non-hydrogen) atoms. The molecule has 4 aromatic heterocycles. The molecule has 0 aliphatic rings. The predicted octanol–water partition coefficient (Wildman–Crippen LogP) is 15.5. The number of nitrogens with zero attached hydrogens (tertiary/aromatic N) is 6. The van der Waals surface area contributed by atoms with E-state index in [0.29, 0.717) is 17.6 Å². The monoisotopic (exact) mass is 868 g/mol. The minimum atomic E-state index is 0.561. The second-order valence-electron chi connectivity index (χ2n) is 17.1. The first kappa shape index (κ1) is 39.1. The fraction of sp³-hybridized carbons (Fsp3) is 0. The summed E-state index contributed by atoms with van der Waals surface area (Å²) in [6.45, 7) is 0. The Morgan fingerprint density at radius 1 is 0.250 bits per heavy atom. The van der Waals surface area contributed by atoms with Gasteiger partial charge in [0.05, 0.1) is 33.5 Å². The molecule has 0 saturated heterocycles. The Labute approximate surface area is 392 Å². The van der Waals surface area contributed by atoms with Crippen LogP contribution in [0.25, 0.3) is 123 Å². The second-order valence-corrected chi connectivity index (χ2v) is 17.1. The van der Waals surface area contributed by atoms with E-state index in [0.717, 1.165) is 94.4 Å². The van der Waals surface area contributed by atoms with E-state index in [-0.39, 0.29) is 0 Å². The zero-order chi connectivity index (χ0) is 45.0. The molecule has 0 unspecified atom stereocenters. The lowest BCUT2D eigenvalue weighted by atomic mass is 10.00. The molecule has 6 nitrogen and oxygen atoms in total. The van der Waals surface area contributed by atoms with Gasteiger partial charge < -0.3 is 4.57 Å². The van der Waals surface area contributed by atoms with Gasteiger partial charge in [-0.25, -0.2) is 9.97 Å². The molecule has 13 rings (SSSR count). The fourth-order valence-corrected chi connectivity index (χ4v) is 9.80. The van der Waals surface area contributed by atoms with Crippen molar-refractivity contribution in [3.05, 3.63) is 243 Å². The van der Waals surface area contributed by atoms with Crippen molar-refractivity contribution in [2.75, 3.05) is 0 Å². The van der Waals surface area contributed by atoms with E-state index in [9.17, 15) is 0 Å². The van der Waals surface area contributed by atoms with Crippen LogP contribution in [-0.4, -0.2) is 29.1 Å². The van der Waals surface area contributed by atoms with Crippen molar-refractivity contribution >= 4 is 43.6 Å². The molecule has 0 aliphatic heterocycles. The predicted molar refractivity (Wildman–Crippen MR) is 279 cm³/mol. The number of aromatic nitrogens is 6. The number of fused-ring (bicyclic) bond motifs is 7. The van der Waals surface area contributed by atoms with E-state index in [1.165, 1.54) is 10.8 Å². The summed E-state index contributed by atoms with van der Waals surface area (Å²) in [5.74, 6) is 1.78. The van der Waals surface area contributed by atoms with Crippen molar-refractivity contribution in [3.8, 4) is 79.2 Å². The van der Waals surface area contributed by atoms with Crippen LogP contribution in [0, 0.1) is 0 Å². The van der Waals surface area contributed by atoms with Crippen LogP contribution < -0.4 is 0 Å². The van der Waals surface area contributed by atoms with Gasteiger partial charge in [-0.1, -0.05) is 188 Å². The number of hydrogen-bond acceptors (Lipinski definition) is 4.